The van der Waals surface area contributed by atoms with Crippen molar-refractivity contribution in [2.75, 3.05) is 6.61 Å². The fraction of sp³-hybridized carbons (Fsp3) is 0.533. The molecule has 3 atom stereocenters. The highest BCUT2D eigenvalue weighted by atomic mass is 79.9. The first-order chi connectivity index (χ1) is 9.50. The van der Waals surface area contributed by atoms with Crippen molar-refractivity contribution in [3.63, 3.8) is 0 Å². The molecular formula is C15H19BrN2O2. The zero-order chi connectivity index (χ0) is 14.4. The van der Waals surface area contributed by atoms with Crippen LogP contribution in [0.15, 0.2) is 23.0 Å². The number of fused-ring (bicyclic) bond motifs is 1. The molecule has 2 aromatic rings. The Morgan fingerprint density at radius 1 is 1.30 bits per heavy atom. The van der Waals surface area contributed by atoms with Gasteiger partial charge >= 0.3 is 5.69 Å². The fourth-order valence-electron chi connectivity index (χ4n) is 3.08. The quantitative estimate of drug-likeness (QED) is 0.789. The van der Waals surface area contributed by atoms with Gasteiger partial charge in [-0.25, -0.2) is 4.79 Å². The summed E-state index contributed by atoms with van der Waals surface area (Å²) in [6.07, 6.45) is 1.35. The monoisotopic (exact) mass is 338 g/mol. The third kappa shape index (κ3) is 2.04. The number of halogens is 1. The molecule has 1 aromatic carbocycles. The molecule has 20 heavy (non-hydrogen) atoms. The summed E-state index contributed by atoms with van der Waals surface area (Å²) in [5, 5.41) is 0. The van der Waals surface area contributed by atoms with Crippen molar-refractivity contribution in [3.8, 4) is 0 Å². The largest absolute Gasteiger partial charge is 0.378 e. The minimum absolute atomic E-state index is 0.0147. The molecule has 4 nitrogen and oxygen atoms in total. The second kappa shape index (κ2) is 5.04. The maximum atomic E-state index is 12.0. The van der Waals surface area contributed by atoms with E-state index in [-0.39, 0.29) is 16.6 Å². The van der Waals surface area contributed by atoms with Crippen LogP contribution in [0.1, 0.15) is 23.7 Å². The van der Waals surface area contributed by atoms with Gasteiger partial charge < -0.3 is 4.74 Å². The molecule has 0 saturated carbocycles. The summed E-state index contributed by atoms with van der Waals surface area (Å²) in [5.41, 5.74) is 3.17. The Morgan fingerprint density at radius 3 is 2.65 bits per heavy atom. The number of ether oxygens (including phenoxy) is 1. The minimum atomic E-state index is 0.0147. The maximum Gasteiger partial charge on any atom is 0.328 e. The van der Waals surface area contributed by atoms with Crippen molar-refractivity contribution in [1.29, 1.82) is 0 Å². The van der Waals surface area contributed by atoms with E-state index in [1.165, 1.54) is 5.56 Å². The Kier molecular flexibility index (Phi) is 3.50. The molecule has 0 bridgehead atoms. The summed E-state index contributed by atoms with van der Waals surface area (Å²) in [5.74, 6) is 0.480. The summed E-state index contributed by atoms with van der Waals surface area (Å²) in [7, 11) is 3.63. The summed E-state index contributed by atoms with van der Waals surface area (Å²) in [6.45, 7) is 2.96. The topological polar surface area (TPSA) is 36.2 Å². The molecule has 0 radical (unpaired) electrons. The number of nitrogens with zero attached hydrogens (tertiary/aromatic N) is 2. The summed E-state index contributed by atoms with van der Waals surface area (Å²) < 4.78 is 9.04. The van der Waals surface area contributed by atoms with Crippen LogP contribution in [0.2, 0.25) is 0 Å². The number of benzene rings is 1. The lowest BCUT2D eigenvalue weighted by Crippen LogP contribution is -2.19. The molecule has 1 fully saturated rings. The Balaban J connectivity index is 2.05. The molecule has 3 unspecified atom stereocenters. The lowest BCUT2D eigenvalue weighted by atomic mass is 9.93. The molecule has 0 spiro atoms. The molecule has 1 aliphatic rings. The van der Waals surface area contributed by atoms with E-state index in [4.69, 9.17) is 4.74 Å². The fourth-order valence-corrected chi connectivity index (χ4v) is 4.05. The Bertz CT molecular complexity index is 704. The summed E-state index contributed by atoms with van der Waals surface area (Å²) in [4.78, 5) is 12.2. The number of hydrogen-bond donors (Lipinski definition) is 0. The van der Waals surface area contributed by atoms with Gasteiger partial charge in [0.2, 0.25) is 0 Å². The molecule has 108 valence electrons. The van der Waals surface area contributed by atoms with E-state index in [1.54, 1.807) is 9.13 Å². The zero-order valence-electron chi connectivity index (χ0n) is 12.0. The van der Waals surface area contributed by atoms with E-state index in [1.807, 2.05) is 20.2 Å². The Labute approximate surface area is 126 Å². The van der Waals surface area contributed by atoms with Gasteiger partial charge in [0.15, 0.2) is 0 Å². The van der Waals surface area contributed by atoms with Gasteiger partial charge in [-0.2, -0.15) is 0 Å². The zero-order valence-corrected chi connectivity index (χ0v) is 13.6. The van der Waals surface area contributed by atoms with E-state index in [2.05, 4.69) is 35.0 Å². The van der Waals surface area contributed by atoms with E-state index < -0.39 is 0 Å². The lowest BCUT2D eigenvalue weighted by molar-refractivity contribution is 0.105. The van der Waals surface area contributed by atoms with Crippen LogP contribution in [0.3, 0.4) is 0 Å². The van der Waals surface area contributed by atoms with Crippen LogP contribution < -0.4 is 5.69 Å². The molecule has 0 aliphatic carbocycles. The van der Waals surface area contributed by atoms with Gasteiger partial charge in [0.05, 0.1) is 17.1 Å². The molecule has 2 heterocycles. The molecule has 1 aromatic heterocycles. The molecular weight excluding hydrogens is 320 g/mol. The van der Waals surface area contributed by atoms with Crippen LogP contribution in [0.4, 0.5) is 0 Å². The van der Waals surface area contributed by atoms with Gasteiger partial charge in [-0.1, -0.05) is 22.0 Å². The van der Waals surface area contributed by atoms with Gasteiger partial charge in [-0.3, -0.25) is 9.13 Å². The lowest BCUT2D eigenvalue weighted by Gasteiger charge is -2.21. The number of alkyl halides is 1. The molecule has 1 saturated heterocycles. The normalized spacial score (nSPS) is 24.4. The Morgan fingerprint density at radius 2 is 2.00 bits per heavy atom. The predicted octanol–water partition coefficient (Wildman–Crippen LogP) is 2.74. The number of rotatable bonds is 2. The second-order valence-electron chi connectivity index (χ2n) is 5.58. The SMILES string of the molecule is CC1OCCC1C(Br)c1ccc2c(c1)n(C)c(=O)n2C. The standard InChI is InChI=1S/C15H19BrN2O2/c1-9-11(6-7-20-9)14(16)10-4-5-12-13(8-10)18(3)15(19)17(12)2/h4-5,8-9,11,14H,6-7H2,1-3H3. The van der Waals surface area contributed by atoms with E-state index in [0.29, 0.717) is 5.92 Å². The summed E-state index contributed by atoms with van der Waals surface area (Å²) >= 11 is 3.81. The van der Waals surface area contributed by atoms with Gasteiger partial charge in [0.25, 0.3) is 0 Å². The molecule has 5 heteroatoms. The van der Waals surface area contributed by atoms with Crippen LogP contribution in [-0.4, -0.2) is 21.8 Å². The minimum Gasteiger partial charge on any atom is -0.378 e. The summed E-state index contributed by atoms with van der Waals surface area (Å²) in [6, 6.07) is 6.24. The van der Waals surface area contributed by atoms with Crippen molar-refractivity contribution in [1.82, 2.24) is 9.13 Å². The first kappa shape index (κ1) is 13.9. The average molecular weight is 339 g/mol. The van der Waals surface area contributed by atoms with Crippen molar-refractivity contribution >= 4 is 27.0 Å². The van der Waals surface area contributed by atoms with E-state index >= 15 is 0 Å². The molecule has 1 aliphatic heterocycles. The van der Waals surface area contributed by atoms with Crippen LogP contribution in [0.25, 0.3) is 11.0 Å². The van der Waals surface area contributed by atoms with Gasteiger partial charge in [-0.15, -0.1) is 0 Å². The number of aromatic nitrogens is 2. The second-order valence-corrected chi connectivity index (χ2v) is 6.57. The van der Waals surface area contributed by atoms with Gasteiger partial charge in [-0.05, 0) is 31.0 Å². The van der Waals surface area contributed by atoms with Crippen LogP contribution in [0.5, 0.6) is 0 Å². The Hall–Kier alpha value is -1.07. The molecule has 0 amide bonds. The van der Waals surface area contributed by atoms with Crippen molar-refractivity contribution < 1.29 is 4.74 Å². The first-order valence-corrected chi connectivity index (χ1v) is 7.83. The van der Waals surface area contributed by atoms with Crippen LogP contribution >= 0.6 is 15.9 Å². The molecule has 0 N–H and O–H groups in total. The highest BCUT2D eigenvalue weighted by molar-refractivity contribution is 9.09. The van der Waals surface area contributed by atoms with E-state index in [0.717, 1.165) is 24.1 Å². The van der Waals surface area contributed by atoms with Crippen LogP contribution in [0, 0.1) is 5.92 Å². The third-order valence-corrected chi connectivity index (χ3v) is 5.63. The molecule has 3 rings (SSSR count). The first-order valence-electron chi connectivity index (χ1n) is 6.91. The number of aryl methyl sites for hydroxylation is 2. The highest BCUT2D eigenvalue weighted by Gasteiger charge is 2.31. The average Bonchev–Trinajstić information content (AvgIpc) is 2.97. The highest BCUT2D eigenvalue weighted by Crippen LogP contribution is 2.39. The van der Waals surface area contributed by atoms with Crippen molar-refractivity contribution in [2.24, 2.45) is 20.0 Å². The van der Waals surface area contributed by atoms with E-state index in [9.17, 15) is 4.79 Å². The maximum absolute atomic E-state index is 12.0. The smallest absolute Gasteiger partial charge is 0.328 e. The van der Waals surface area contributed by atoms with Gasteiger partial charge in [0, 0.05) is 31.4 Å². The van der Waals surface area contributed by atoms with Crippen molar-refractivity contribution in [3.05, 3.63) is 34.2 Å². The predicted molar refractivity (Wildman–Crippen MR) is 83.3 cm³/mol. The van der Waals surface area contributed by atoms with Crippen molar-refractivity contribution in [2.45, 2.75) is 24.3 Å². The number of hydrogen-bond acceptors (Lipinski definition) is 2. The number of imidazole rings is 1. The van der Waals surface area contributed by atoms with Gasteiger partial charge in [0.1, 0.15) is 0 Å². The van der Waals surface area contributed by atoms with Crippen LogP contribution in [-0.2, 0) is 18.8 Å². The third-order valence-electron chi connectivity index (χ3n) is 4.43.